The minimum atomic E-state index is -0.706. The molecule has 2 fully saturated rings. The van der Waals surface area contributed by atoms with Gasteiger partial charge in [-0.1, -0.05) is 0 Å². The van der Waals surface area contributed by atoms with Crippen LogP contribution in [0.2, 0.25) is 0 Å². The van der Waals surface area contributed by atoms with E-state index in [9.17, 15) is 4.79 Å². The highest BCUT2D eigenvalue weighted by Crippen LogP contribution is 2.43. The molecule has 124 valence electrons. The summed E-state index contributed by atoms with van der Waals surface area (Å²) in [6.45, 7) is 5.75. The molecule has 0 aromatic carbocycles. The monoisotopic (exact) mass is 321 g/mol. The Morgan fingerprint density at radius 2 is 2.13 bits per heavy atom. The van der Waals surface area contributed by atoms with Crippen molar-refractivity contribution in [1.29, 1.82) is 0 Å². The van der Waals surface area contributed by atoms with Crippen LogP contribution >= 0.6 is 0 Å². The average molecular weight is 321 g/mol. The van der Waals surface area contributed by atoms with Gasteiger partial charge in [-0.05, 0) is 20.8 Å². The number of imidazole rings is 1. The molecule has 3 N–H and O–H groups in total. The zero-order chi connectivity index (χ0) is 16.4. The van der Waals surface area contributed by atoms with Crippen molar-refractivity contribution in [3.05, 3.63) is 22.5 Å². The third-order valence-electron chi connectivity index (χ3n) is 4.18. The van der Waals surface area contributed by atoms with Crippen LogP contribution in [0.15, 0.2) is 11.1 Å². The van der Waals surface area contributed by atoms with E-state index < -0.39 is 12.0 Å². The molecule has 23 heavy (non-hydrogen) atoms. The van der Waals surface area contributed by atoms with E-state index in [1.54, 1.807) is 17.8 Å². The van der Waals surface area contributed by atoms with Crippen LogP contribution in [0, 0.1) is 6.92 Å². The van der Waals surface area contributed by atoms with Crippen molar-refractivity contribution in [2.24, 2.45) is 5.73 Å². The van der Waals surface area contributed by atoms with Crippen LogP contribution in [0.4, 0.5) is 0 Å². The number of hydrogen-bond acceptors (Lipinski definition) is 7. The lowest BCUT2D eigenvalue weighted by molar-refractivity contribution is -0.195. The molecule has 0 radical (unpaired) electrons. The second kappa shape index (κ2) is 4.84. The van der Waals surface area contributed by atoms with E-state index in [1.165, 1.54) is 0 Å². The SMILES string of the molecule is Cc1nc2c(ncn2[C@@H]2O[C@H](CN)C3OC(C)(C)O[C@@H]32)c(=O)[nH]1. The number of ether oxygens (including phenoxy) is 3. The first kappa shape index (κ1) is 14.8. The van der Waals surface area contributed by atoms with Gasteiger partial charge in [0, 0.05) is 6.54 Å². The Balaban J connectivity index is 1.80. The highest BCUT2D eigenvalue weighted by molar-refractivity contribution is 5.69. The van der Waals surface area contributed by atoms with E-state index in [4.69, 9.17) is 19.9 Å². The number of H-pyrrole nitrogens is 1. The molecule has 2 aromatic rings. The number of aromatic amines is 1. The van der Waals surface area contributed by atoms with Crippen molar-refractivity contribution in [2.75, 3.05) is 6.54 Å². The van der Waals surface area contributed by atoms with E-state index >= 15 is 0 Å². The first-order valence-corrected chi connectivity index (χ1v) is 7.54. The van der Waals surface area contributed by atoms with Gasteiger partial charge >= 0.3 is 0 Å². The van der Waals surface area contributed by atoms with E-state index in [-0.39, 0.29) is 29.4 Å². The number of aryl methyl sites for hydroxylation is 1. The molecule has 2 aliphatic rings. The van der Waals surface area contributed by atoms with Crippen molar-refractivity contribution in [3.8, 4) is 0 Å². The summed E-state index contributed by atoms with van der Waals surface area (Å²) in [4.78, 5) is 23.2. The third-order valence-corrected chi connectivity index (χ3v) is 4.18. The van der Waals surface area contributed by atoms with Crippen LogP contribution in [0.5, 0.6) is 0 Å². The molecule has 1 unspecified atom stereocenters. The van der Waals surface area contributed by atoms with Gasteiger partial charge in [-0.15, -0.1) is 0 Å². The fourth-order valence-electron chi connectivity index (χ4n) is 3.29. The quantitative estimate of drug-likeness (QED) is 0.787. The zero-order valence-corrected chi connectivity index (χ0v) is 13.1. The molecule has 9 heteroatoms. The molecule has 0 bridgehead atoms. The van der Waals surface area contributed by atoms with E-state index in [1.807, 2.05) is 13.8 Å². The molecule has 9 nitrogen and oxygen atoms in total. The summed E-state index contributed by atoms with van der Waals surface area (Å²) in [5.41, 5.74) is 6.25. The van der Waals surface area contributed by atoms with Crippen LogP contribution in [0.25, 0.3) is 11.2 Å². The lowest BCUT2D eigenvalue weighted by Crippen LogP contribution is -2.34. The van der Waals surface area contributed by atoms with Crippen LogP contribution < -0.4 is 11.3 Å². The predicted molar refractivity (Wildman–Crippen MR) is 79.7 cm³/mol. The number of nitrogens with zero attached hydrogens (tertiary/aromatic N) is 3. The average Bonchev–Trinajstić information content (AvgIpc) is 3.09. The summed E-state index contributed by atoms with van der Waals surface area (Å²) in [5.74, 6) is -0.194. The molecule has 2 saturated heterocycles. The maximum absolute atomic E-state index is 12.0. The van der Waals surface area contributed by atoms with Gasteiger partial charge in [-0.3, -0.25) is 9.36 Å². The third kappa shape index (κ3) is 2.19. The highest BCUT2D eigenvalue weighted by Gasteiger charge is 2.55. The minimum Gasteiger partial charge on any atom is -0.348 e. The second-order valence-corrected chi connectivity index (χ2v) is 6.34. The van der Waals surface area contributed by atoms with Gasteiger partial charge in [-0.2, -0.15) is 0 Å². The summed E-state index contributed by atoms with van der Waals surface area (Å²) in [6, 6.07) is 0. The molecule has 0 aliphatic carbocycles. The summed E-state index contributed by atoms with van der Waals surface area (Å²) < 4.78 is 19.6. The van der Waals surface area contributed by atoms with Gasteiger partial charge in [0.25, 0.3) is 5.56 Å². The van der Waals surface area contributed by atoms with Crippen molar-refractivity contribution in [3.63, 3.8) is 0 Å². The maximum atomic E-state index is 12.0. The van der Waals surface area contributed by atoms with Crippen LogP contribution in [-0.2, 0) is 14.2 Å². The summed E-state index contributed by atoms with van der Waals surface area (Å²) in [7, 11) is 0. The van der Waals surface area contributed by atoms with Crippen LogP contribution in [0.1, 0.15) is 25.9 Å². The molecule has 0 saturated carbocycles. The maximum Gasteiger partial charge on any atom is 0.279 e. The van der Waals surface area contributed by atoms with Gasteiger partial charge < -0.3 is 24.9 Å². The Bertz CT molecular complexity index is 813. The normalized spacial score (nSPS) is 32.5. The van der Waals surface area contributed by atoms with Crippen LogP contribution in [0.3, 0.4) is 0 Å². The molecule has 2 aromatic heterocycles. The van der Waals surface area contributed by atoms with Gasteiger partial charge in [-0.25, -0.2) is 9.97 Å². The molecule has 4 heterocycles. The summed E-state index contributed by atoms with van der Waals surface area (Å²) in [5, 5.41) is 0. The molecule has 0 amide bonds. The number of rotatable bonds is 2. The molecule has 2 aliphatic heterocycles. The zero-order valence-electron chi connectivity index (χ0n) is 13.1. The lowest BCUT2D eigenvalue weighted by Gasteiger charge is -2.24. The van der Waals surface area contributed by atoms with Crippen molar-refractivity contribution >= 4 is 11.2 Å². The van der Waals surface area contributed by atoms with Gasteiger partial charge in [0.1, 0.15) is 24.1 Å². The molecule has 4 atom stereocenters. The van der Waals surface area contributed by atoms with Crippen molar-refractivity contribution in [1.82, 2.24) is 19.5 Å². The van der Waals surface area contributed by atoms with Gasteiger partial charge in [0.05, 0.1) is 6.33 Å². The minimum absolute atomic E-state index is 0.263. The van der Waals surface area contributed by atoms with E-state index in [0.717, 1.165) is 0 Å². The van der Waals surface area contributed by atoms with Crippen molar-refractivity contribution < 1.29 is 14.2 Å². The second-order valence-electron chi connectivity index (χ2n) is 6.34. The van der Waals surface area contributed by atoms with E-state index in [2.05, 4.69) is 15.0 Å². The smallest absolute Gasteiger partial charge is 0.279 e. The number of hydrogen-bond donors (Lipinski definition) is 2. The lowest BCUT2D eigenvalue weighted by atomic mass is 10.1. The molecular weight excluding hydrogens is 302 g/mol. The van der Waals surface area contributed by atoms with E-state index in [0.29, 0.717) is 18.0 Å². The Morgan fingerprint density at radius 3 is 2.87 bits per heavy atom. The van der Waals surface area contributed by atoms with Crippen LogP contribution in [-0.4, -0.2) is 50.2 Å². The summed E-state index contributed by atoms with van der Waals surface area (Å²) in [6.07, 6.45) is 0.168. The molecular formula is C14H19N5O4. The fraction of sp³-hybridized carbons (Fsp3) is 0.643. The molecule has 0 spiro atoms. The first-order valence-electron chi connectivity index (χ1n) is 7.54. The first-order chi connectivity index (χ1) is 10.9. The number of aromatic nitrogens is 4. The van der Waals surface area contributed by atoms with Gasteiger partial charge in [0.2, 0.25) is 0 Å². The Labute approximate surface area is 131 Å². The number of nitrogens with one attached hydrogen (secondary N) is 1. The van der Waals surface area contributed by atoms with Gasteiger partial charge in [0.15, 0.2) is 23.2 Å². The fourth-order valence-corrected chi connectivity index (χ4v) is 3.29. The number of fused-ring (bicyclic) bond motifs is 2. The largest absolute Gasteiger partial charge is 0.348 e. The standard InChI is InChI=1S/C14H19N5O4/c1-6-17-11-8(12(20)18-6)16-5-19(11)13-10-9(7(4-15)21-13)22-14(2,3)23-10/h5,7,9-10,13H,4,15H2,1-3H3,(H,17,18,20)/t7-,9?,10+,13-/m1/s1. The number of nitrogens with two attached hydrogens (primary N) is 1. The summed E-state index contributed by atoms with van der Waals surface area (Å²) >= 11 is 0. The predicted octanol–water partition coefficient (Wildman–Crippen LogP) is -0.196. The van der Waals surface area contributed by atoms with Crippen molar-refractivity contribution in [2.45, 2.75) is 51.1 Å². The Kier molecular flexibility index (Phi) is 3.11. The Morgan fingerprint density at radius 1 is 1.39 bits per heavy atom. The molecule has 4 rings (SSSR count). The topological polar surface area (TPSA) is 117 Å². The Hall–Kier alpha value is -1.81. The highest BCUT2D eigenvalue weighted by atomic mass is 16.8.